The van der Waals surface area contributed by atoms with Gasteiger partial charge in [0.25, 0.3) is 0 Å². The highest BCUT2D eigenvalue weighted by Gasteiger charge is 2.33. The highest BCUT2D eigenvalue weighted by atomic mass is 32.2. The number of hydrazone groups is 1. The van der Waals surface area contributed by atoms with Crippen LogP contribution < -0.4 is 15.1 Å². The van der Waals surface area contributed by atoms with E-state index in [0.29, 0.717) is 16.9 Å². The zero-order valence-corrected chi connectivity index (χ0v) is 24.9. The van der Waals surface area contributed by atoms with Crippen molar-refractivity contribution in [2.45, 2.75) is 33.1 Å². The fourth-order valence-electron chi connectivity index (χ4n) is 4.38. The standard InChI is InChI=1S/C30H25F4N7O3S/c1-17(2)23-11-4-18(3)12-25(23)41-26(42)15-45-29(41)37-28(43)38-36-14-20-6-5-19(13-24(20)31)27-35-16-40(39-27)21-7-9-22(10-8-21)44-30(32,33)34/h4-14,16-17H,15H2,1-3H3,(H,38,43)/b36-14+,37-29?. The lowest BCUT2D eigenvalue weighted by Crippen LogP contribution is -2.31. The second-order valence-corrected chi connectivity index (χ2v) is 11.0. The van der Waals surface area contributed by atoms with Crippen LogP contribution in [-0.4, -0.2) is 50.2 Å². The van der Waals surface area contributed by atoms with Gasteiger partial charge in [0, 0.05) is 11.1 Å². The van der Waals surface area contributed by atoms with E-state index in [2.05, 4.69) is 30.3 Å². The number of aryl methyl sites for hydroxylation is 1. The Morgan fingerprint density at radius 3 is 2.56 bits per heavy atom. The summed E-state index contributed by atoms with van der Waals surface area (Å²) in [5.41, 5.74) is 5.60. The molecule has 3 amide bonds. The second kappa shape index (κ2) is 12.9. The van der Waals surface area contributed by atoms with Crippen molar-refractivity contribution >= 4 is 40.8 Å². The number of rotatable bonds is 7. The van der Waals surface area contributed by atoms with E-state index < -0.39 is 18.2 Å². The Hall–Kier alpha value is -5.05. The van der Waals surface area contributed by atoms with Gasteiger partial charge < -0.3 is 4.74 Å². The summed E-state index contributed by atoms with van der Waals surface area (Å²) >= 11 is 1.14. The summed E-state index contributed by atoms with van der Waals surface area (Å²) in [6.45, 7) is 5.94. The molecule has 0 spiro atoms. The molecule has 5 rings (SSSR count). The van der Waals surface area contributed by atoms with Crippen LogP contribution >= 0.6 is 11.8 Å². The van der Waals surface area contributed by atoms with Crippen molar-refractivity contribution in [3.63, 3.8) is 0 Å². The molecule has 0 saturated carbocycles. The van der Waals surface area contributed by atoms with E-state index in [9.17, 15) is 27.2 Å². The monoisotopic (exact) mass is 639 g/mol. The number of carbonyl (C=O) groups excluding carboxylic acids is 2. The molecule has 1 saturated heterocycles. The van der Waals surface area contributed by atoms with Crippen molar-refractivity contribution in [3.8, 4) is 22.8 Å². The second-order valence-electron chi connectivity index (χ2n) is 10.1. The molecule has 10 nitrogen and oxygen atoms in total. The predicted octanol–water partition coefficient (Wildman–Crippen LogP) is 6.58. The number of anilines is 1. The molecule has 3 aromatic carbocycles. The number of nitrogens with zero attached hydrogens (tertiary/aromatic N) is 6. The summed E-state index contributed by atoms with van der Waals surface area (Å²) in [6, 6.07) is 14.1. The molecule has 0 radical (unpaired) electrons. The fourth-order valence-corrected chi connectivity index (χ4v) is 5.24. The molecule has 0 bridgehead atoms. The molecule has 1 aliphatic rings. The molecule has 45 heavy (non-hydrogen) atoms. The molecule has 1 fully saturated rings. The van der Waals surface area contributed by atoms with Gasteiger partial charge >= 0.3 is 12.4 Å². The number of benzene rings is 3. The van der Waals surface area contributed by atoms with Crippen LogP contribution in [0.1, 0.15) is 36.5 Å². The van der Waals surface area contributed by atoms with Crippen LogP contribution in [0.2, 0.25) is 0 Å². The molecular formula is C30H25F4N7O3S. The number of amides is 3. The number of hydrogen-bond donors (Lipinski definition) is 1. The minimum atomic E-state index is -4.80. The van der Waals surface area contributed by atoms with Crippen molar-refractivity contribution in [2.75, 3.05) is 10.7 Å². The Bertz CT molecular complexity index is 1800. The predicted molar refractivity (Wildman–Crippen MR) is 162 cm³/mol. The number of aromatic nitrogens is 3. The average Bonchev–Trinajstić information content (AvgIpc) is 3.60. The number of thioether (sulfide) groups is 1. The number of amidine groups is 1. The quantitative estimate of drug-likeness (QED) is 0.139. The Morgan fingerprint density at radius 2 is 1.87 bits per heavy atom. The van der Waals surface area contributed by atoms with Gasteiger partial charge in [-0.15, -0.1) is 18.3 Å². The van der Waals surface area contributed by atoms with E-state index >= 15 is 0 Å². The zero-order valence-electron chi connectivity index (χ0n) is 24.0. The summed E-state index contributed by atoms with van der Waals surface area (Å²) < 4.78 is 57.2. The highest BCUT2D eigenvalue weighted by Crippen LogP contribution is 2.34. The number of hydrogen-bond acceptors (Lipinski definition) is 7. The summed E-state index contributed by atoms with van der Waals surface area (Å²) in [5.74, 6) is -0.822. The third-order valence-corrected chi connectivity index (χ3v) is 7.38. The first-order valence-electron chi connectivity index (χ1n) is 13.4. The molecule has 15 heteroatoms. The van der Waals surface area contributed by atoms with Crippen molar-refractivity contribution in [2.24, 2.45) is 10.1 Å². The topological polar surface area (TPSA) is 114 Å². The normalized spacial score (nSPS) is 14.6. The Morgan fingerprint density at radius 1 is 1.11 bits per heavy atom. The van der Waals surface area contributed by atoms with Crippen LogP contribution in [0.3, 0.4) is 0 Å². The van der Waals surface area contributed by atoms with E-state index in [1.807, 2.05) is 39.0 Å². The van der Waals surface area contributed by atoms with E-state index in [1.54, 1.807) is 6.07 Å². The molecule has 232 valence electrons. The first-order valence-corrected chi connectivity index (χ1v) is 14.4. The number of aliphatic imine (C=N–C) groups is 1. The Labute approximate surface area is 258 Å². The number of alkyl halides is 3. The maximum absolute atomic E-state index is 14.9. The van der Waals surface area contributed by atoms with Crippen LogP contribution in [-0.2, 0) is 4.79 Å². The van der Waals surface area contributed by atoms with Gasteiger partial charge in [0.1, 0.15) is 17.9 Å². The van der Waals surface area contributed by atoms with Crippen molar-refractivity contribution in [1.29, 1.82) is 0 Å². The number of halogens is 4. The highest BCUT2D eigenvalue weighted by molar-refractivity contribution is 8.15. The van der Waals surface area contributed by atoms with Crippen molar-refractivity contribution < 1.29 is 31.9 Å². The molecular weight excluding hydrogens is 614 g/mol. The van der Waals surface area contributed by atoms with Gasteiger partial charge in [-0.3, -0.25) is 9.69 Å². The smallest absolute Gasteiger partial charge is 0.406 e. The number of carbonyl (C=O) groups is 2. The molecule has 4 aromatic rings. The van der Waals surface area contributed by atoms with E-state index in [0.717, 1.165) is 41.2 Å². The lowest BCUT2D eigenvalue weighted by Gasteiger charge is -2.22. The number of nitrogens with one attached hydrogen (secondary N) is 1. The van der Waals surface area contributed by atoms with Crippen LogP contribution in [0.4, 0.5) is 28.0 Å². The van der Waals surface area contributed by atoms with Gasteiger partial charge in [-0.25, -0.2) is 24.3 Å². The Balaban J connectivity index is 1.25. The fraction of sp³-hybridized carbons (Fsp3) is 0.200. The van der Waals surface area contributed by atoms with Crippen LogP contribution in [0, 0.1) is 12.7 Å². The van der Waals surface area contributed by atoms with Gasteiger partial charge in [0.2, 0.25) is 5.91 Å². The van der Waals surface area contributed by atoms with E-state index in [1.165, 1.54) is 40.2 Å². The molecule has 1 aromatic heterocycles. The molecule has 0 aliphatic carbocycles. The third-order valence-electron chi connectivity index (χ3n) is 6.46. The van der Waals surface area contributed by atoms with Gasteiger partial charge in [-0.2, -0.15) is 10.1 Å². The minimum absolute atomic E-state index is 0.0553. The third kappa shape index (κ3) is 7.55. The first-order chi connectivity index (χ1) is 21.4. The van der Waals surface area contributed by atoms with Crippen LogP contribution in [0.25, 0.3) is 17.1 Å². The van der Waals surface area contributed by atoms with E-state index in [-0.39, 0.29) is 39.9 Å². The van der Waals surface area contributed by atoms with Crippen LogP contribution in [0.5, 0.6) is 5.75 Å². The first kappa shape index (κ1) is 31.4. The zero-order chi connectivity index (χ0) is 32.3. The Kier molecular flexibility index (Phi) is 8.99. The van der Waals surface area contributed by atoms with E-state index in [4.69, 9.17) is 0 Å². The summed E-state index contributed by atoms with van der Waals surface area (Å²) in [7, 11) is 0. The molecule has 0 atom stereocenters. The summed E-state index contributed by atoms with van der Waals surface area (Å²) in [4.78, 5) is 34.9. The minimum Gasteiger partial charge on any atom is -0.406 e. The van der Waals surface area contributed by atoms with Gasteiger partial charge in [-0.05, 0) is 66.4 Å². The maximum atomic E-state index is 14.9. The summed E-state index contributed by atoms with van der Waals surface area (Å²) in [5, 5.41) is 8.27. The average molecular weight is 640 g/mol. The molecule has 2 heterocycles. The van der Waals surface area contributed by atoms with Gasteiger partial charge in [-0.1, -0.05) is 43.8 Å². The van der Waals surface area contributed by atoms with Crippen molar-refractivity contribution in [1.82, 2.24) is 20.2 Å². The molecule has 1 aliphatic heterocycles. The summed E-state index contributed by atoms with van der Waals surface area (Å²) in [6.07, 6.45) is -2.37. The lowest BCUT2D eigenvalue weighted by molar-refractivity contribution is -0.274. The molecule has 1 N–H and O–H groups in total. The van der Waals surface area contributed by atoms with Gasteiger partial charge in [0.05, 0.1) is 23.3 Å². The lowest BCUT2D eigenvalue weighted by atomic mass is 9.99. The van der Waals surface area contributed by atoms with Gasteiger partial charge in [0.15, 0.2) is 11.0 Å². The number of urea groups is 1. The van der Waals surface area contributed by atoms with Crippen molar-refractivity contribution in [3.05, 3.63) is 89.5 Å². The largest absolute Gasteiger partial charge is 0.573 e. The SMILES string of the molecule is Cc1ccc(C(C)C)c(N2C(=O)CSC2=NC(=O)N/N=C/c2ccc(-c3ncn(-c4ccc(OC(F)(F)F)cc4)n3)cc2F)c1. The number of ether oxygens (including phenoxy) is 1. The molecule has 0 unspecified atom stereocenters. The maximum Gasteiger partial charge on any atom is 0.573 e. The van der Waals surface area contributed by atoms with Crippen LogP contribution in [0.15, 0.2) is 77.1 Å².